The monoisotopic (exact) mass is 281 g/mol. The van der Waals surface area contributed by atoms with Crippen LogP contribution >= 0.6 is 11.8 Å². The quantitative estimate of drug-likeness (QED) is 0.864. The molecule has 104 valence electrons. The highest BCUT2D eigenvalue weighted by molar-refractivity contribution is 8.00. The van der Waals surface area contributed by atoms with Gasteiger partial charge in [0.2, 0.25) is 0 Å². The minimum atomic E-state index is -1.04. The first kappa shape index (κ1) is 14.1. The summed E-state index contributed by atoms with van der Waals surface area (Å²) in [7, 11) is 0. The number of hydrogen-bond donors (Lipinski definition) is 2. The van der Waals surface area contributed by atoms with Gasteiger partial charge in [-0.25, -0.2) is 14.8 Å². The van der Waals surface area contributed by atoms with E-state index in [0.717, 1.165) is 6.54 Å². The van der Waals surface area contributed by atoms with Crippen LogP contribution in [0.2, 0.25) is 0 Å². The fourth-order valence-corrected chi connectivity index (χ4v) is 3.43. The third-order valence-corrected chi connectivity index (χ3v) is 5.10. The van der Waals surface area contributed by atoms with Crippen LogP contribution in [0.1, 0.15) is 42.6 Å². The number of aromatic nitrogens is 2. The Bertz CT molecular complexity index is 447. The van der Waals surface area contributed by atoms with Crippen molar-refractivity contribution in [2.24, 2.45) is 0 Å². The van der Waals surface area contributed by atoms with Crippen molar-refractivity contribution in [1.29, 1.82) is 0 Å². The number of carbonyl (C=O) groups is 1. The Hall–Kier alpha value is -1.30. The van der Waals surface area contributed by atoms with Gasteiger partial charge in [0.25, 0.3) is 0 Å². The molecular formula is C13H19N3O2S. The van der Waals surface area contributed by atoms with E-state index in [-0.39, 0.29) is 10.4 Å². The van der Waals surface area contributed by atoms with Gasteiger partial charge in [0.15, 0.2) is 11.5 Å². The lowest BCUT2D eigenvalue weighted by Crippen LogP contribution is -2.36. The second-order valence-electron chi connectivity index (χ2n) is 4.86. The summed E-state index contributed by atoms with van der Waals surface area (Å²) in [5, 5.41) is 12.3. The molecule has 1 saturated carbocycles. The molecule has 0 aliphatic heterocycles. The molecule has 0 bridgehead atoms. The van der Waals surface area contributed by atoms with Crippen LogP contribution in [0.3, 0.4) is 0 Å². The maximum absolute atomic E-state index is 11.1. The molecule has 5 nitrogen and oxygen atoms in total. The fraction of sp³-hybridized carbons (Fsp3) is 0.615. The normalized spacial score (nSPS) is 17.9. The van der Waals surface area contributed by atoms with E-state index in [0.29, 0.717) is 5.82 Å². The van der Waals surface area contributed by atoms with Crippen LogP contribution in [-0.2, 0) is 0 Å². The summed E-state index contributed by atoms with van der Waals surface area (Å²) < 4.78 is 0.200. The Morgan fingerprint density at radius 1 is 1.37 bits per heavy atom. The highest BCUT2D eigenvalue weighted by Crippen LogP contribution is 2.38. The van der Waals surface area contributed by atoms with Crippen LogP contribution in [0.5, 0.6) is 0 Å². The van der Waals surface area contributed by atoms with Gasteiger partial charge in [0, 0.05) is 23.7 Å². The van der Waals surface area contributed by atoms with E-state index in [1.165, 1.54) is 44.5 Å². The van der Waals surface area contributed by atoms with Crippen molar-refractivity contribution in [1.82, 2.24) is 9.97 Å². The van der Waals surface area contributed by atoms with Gasteiger partial charge in [-0.15, -0.1) is 0 Å². The molecule has 19 heavy (non-hydrogen) atoms. The maximum atomic E-state index is 11.1. The Kier molecular flexibility index (Phi) is 4.63. The van der Waals surface area contributed by atoms with Crippen molar-refractivity contribution in [3.8, 4) is 0 Å². The number of rotatable bonds is 5. The average Bonchev–Trinajstić information content (AvgIpc) is 2.46. The number of thioether (sulfide) groups is 1. The Labute approximate surface area is 117 Å². The molecule has 0 spiro atoms. The molecule has 0 radical (unpaired) electrons. The maximum Gasteiger partial charge on any atom is 0.358 e. The molecule has 6 heteroatoms. The van der Waals surface area contributed by atoms with E-state index >= 15 is 0 Å². The van der Waals surface area contributed by atoms with Crippen molar-refractivity contribution < 1.29 is 9.90 Å². The second-order valence-corrected chi connectivity index (χ2v) is 6.13. The van der Waals surface area contributed by atoms with E-state index in [1.807, 2.05) is 11.8 Å². The van der Waals surface area contributed by atoms with Gasteiger partial charge in [-0.1, -0.05) is 19.3 Å². The predicted molar refractivity (Wildman–Crippen MR) is 76.8 cm³/mol. The molecule has 2 rings (SSSR count). The van der Waals surface area contributed by atoms with Gasteiger partial charge in [0.05, 0.1) is 0 Å². The van der Waals surface area contributed by atoms with Crippen LogP contribution < -0.4 is 5.32 Å². The summed E-state index contributed by atoms with van der Waals surface area (Å²) in [5.74, 6) is -0.675. The zero-order valence-electron chi connectivity index (χ0n) is 11.1. The van der Waals surface area contributed by atoms with Gasteiger partial charge in [-0.2, -0.15) is 11.8 Å². The van der Waals surface area contributed by atoms with E-state index in [4.69, 9.17) is 5.11 Å². The SMILES string of the molecule is CSC1(CNc2nccnc2C(=O)O)CCCCC1. The first-order valence-electron chi connectivity index (χ1n) is 6.50. The zero-order chi connectivity index (χ0) is 13.7. The van der Waals surface area contributed by atoms with Gasteiger partial charge in [-0.3, -0.25) is 0 Å². The predicted octanol–water partition coefficient (Wildman–Crippen LogP) is 2.65. The van der Waals surface area contributed by atoms with Crippen LogP contribution in [0, 0.1) is 0 Å². The smallest absolute Gasteiger partial charge is 0.358 e. The summed E-state index contributed by atoms with van der Waals surface area (Å²) >= 11 is 1.87. The van der Waals surface area contributed by atoms with Crippen LogP contribution in [-0.4, -0.2) is 38.6 Å². The Balaban J connectivity index is 2.07. The minimum absolute atomic E-state index is 0.00503. The lowest BCUT2D eigenvalue weighted by molar-refractivity contribution is 0.0691. The first-order chi connectivity index (χ1) is 9.17. The van der Waals surface area contributed by atoms with Crippen molar-refractivity contribution in [3.63, 3.8) is 0 Å². The molecule has 2 N–H and O–H groups in total. The summed E-state index contributed by atoms with van der Waals surface area (Å²) in [6.07, 6.45) is 11.2. The van der Waals surface area contributed by atoms with Gasteiger partial charge < -0.3 is 10.4 Å². The number of carboxylic acid groups (broad SMARTS) is 1. The highest BCUT2D eigenvalue weighted by Gasteiger charge is 2.31. The fourth-order valence-electron chi connectivity index (χ4n) is 2.52. The third-order valence-electron chi connectivity index (χ3n) is 3.68. The van der Waals surface area contributed by atoms with E-state index < -0.39 is 5.97 Å². The van der Waals surface area contributed by atoms with Crippen LogP contribution in [0.25, 0.3) is 0 Å². The molecule has 1 fully saturated rings. The molecule has 1 aromatic rings. The molecule has 1 aromatic heterocycles. The molecular weight excluding hydrogens is 262 g/mol. The topological polar surface area (TPSA) is 75.1 Å². The van der Waals surface area contributed by atoms with E-state index in [2.05, 4.69) is 21.5 Å². The number of nitrogens with zero attached hydrogens (tertiary/aromatic N) is 2. The summed E-state index contributed by atoms with van der Waals surface area (Å²) in [6, 6.07) is 0. The molecule has 1 heterocycles. The van der Waals surface area contributed by atoms with Crippen molar-refractivity contribution in [2.75, 3.05) is 18.1 Å². The molecule has 0 aromatic carbocycles. The minimum Gasteiger partial charge on any atom is -0.476 e. The number of hydrogen-bond acceptors (Lipinski definition) is 5. The zero-order valence-corrected chi connectivity index (χ0v) is 11.9. The van der Waals surface area contributed by atoms with Gasteiger partial charge in [-0.05, 0) is 19.1 Å². The standard InChI is InChI=1S/C13H19N3O2S/c1-19-13(5-3-2-4-6-13)9-16-11-10(12(17)18)14-7-8-15-11/h7-8H,2-6,9H2,1H3,(H,15,16)(H,17,18). The van der Waals surface area contributed by atoms with E-state index in [1.54, 1.807) is 0 Å². The van der Waals surface area contributed by atoms with Gasteiger partial charge >= 0.3 is 5.97 Å². The Morgan fingerprint density at radius 3 is 2.68 bits per heavy atom. The van der Waals surface area contributed by atoms with Crippen molar-refractivity contribution in [2.45, 2.75) is 36.9 Å². The largest absolute Gasteiger partial charge is 0.476 e. The first-order valence-corrected chi connectivity index (χ1v) is 7.73. The van der Waals surface area contributed by atoms with Gasteiger partial charge in [0.1, 0.15) is 0 Å². The number of nitrogens with one attached hydrogen (secondary N) is 1. The average molecular weight is 281 g/mol. The number of carboxylic acids is 1. The molecule has 1 aliphatic rings. The van der Waals surface area contributed by atoms with Crippen LogP contribution in [0.4, 0.5) is 5.82 Å². The lowest BCUT2D eigenvalue weighted by Gasteiger charge is -2.36. The number of aromatic carboxylic acids is 1. The second kappa shape index (κ2) is 6.23. The molecule has 0 atom stereocenters. The number of anilines is 1. The Morgan fingerprint density at radius 2 is 2.05 bits per heavy atom. The molecule has 0 amide bonds. The third kappa shape index (κ3) is 3.37. The van der Waals surface area contributed by atoms with Crippen molar-refractivity contribution in [3.05, 3.63) is 18.1 Å². The lowest BCUT2D eigenvalue weighted by atomic mass is 9.88. The molecule has 0 unspecified atom stereocenters. The highest BCUT2D eigenvalue weighted by atomic mass is 32.2. The summed E-state index contributed by atoms with van der Waals surface area (Å²) in [4.78, 5) is 19.0. The van der Waals surface area contributed by atoms with E-state index in [9.17, 15) is 4.79 Å². The summed E-state index contributed by atoms with van der Waals surface area (Å²) in [6.45, 7) is 0.743. The molecule has 0 saturated heterocycles. The van der Waals surface area contributed by atoms with Crippen molar-refractivity contribution >= 4 is 23.5 Å². The summed E-state index contributed by atoms with van der Waals surface area (Å²) in [5.41, 5.74) is -0.00503. The molecule has 1 aliphatic carbocycles. The van der Waals surface area contributed by atoms with Crippen LogP contribution in [0.15, 0.2) is 12.4 Å².